The van der Waals surface area contributed by atoms with E-state index in [0.29, 0.717) is 37.7 Å². The summed E-state index contributed by atoms with van der Waals surface area (Å²) < 4.78 is 6.92. The molecule has 0 unspecified atom stereocenters. The largest absolute Gasteiger partial charge is 0.378 e. The van der Waals surface area contributed by atoms with Gasteiger partial charge in [0, 0.05) is 31.6 Å². The van der Waals surface area contributed by atoms with E-state index < -0.39 is 0 Å². The topological polar surface area (TPSA) is 76.5 Å². The van der Waals surface area contributed by atoms with Gasteiger partial charge in [0.05, 0.1) is 24.6 Å². The molecule has 1 N–H and O–H groups in total. The molecule has 1 aromatic carbocycles. The first-order valence-electron chi connectivity index (χ1n) is 7.86. The number of hydrogen-bond donors (Lipinski definition) is 1. The molecule has 0 aliphatic carbocycles. The molecule has 3 rings (SSSR count). The fraction of sp³-hybridized carbons (Fsp3) is 0.353. The highest BCUT2D eigenvalue weighted by molar-refractivity contribution is 5.94. The summed E-state index contributed by atoms with van der Waals surface area (Å²) in [5.74, 6) is 0.450. The molecule has 0 radical (unpaired) electrons. The van der Waals surface area contributed by atoms with E-state index in [-0.39, 0.29) is 11.8 Å². The van der Waals surface area contributed by atoms with Crippen LogP contribution in [0.3, 0.4) is 0 Å². The molecule has 126 valence electrons. The maximum atomic E-state index is 12.5. The zero-order valence-electron chi connectivity index (χ0n) is 13.8. The van der Waals surface area contributed by atoms with Gasteiger partial charge in [-0.15, -0.1) is 0 Å². The van der Waals surface area contributed by atoms with Crippen molar-refractivity contribution in [1.29, 1.82) is 0 Å². The molecule has 1 aromatic heterocycles. The van der Waals surface area contributed by atoms with E-state index in [1.165, 1.54) is 6.92 Å². The highest BCUT2D eigenvalue weighted by Gasteiger charge is 2.18. The van der Waals surface area contributed by atoms with Crippen LogP contribution in [0.5, 0.6) is 0 Å². The molecule has 0 spiro atoms. The van der Waals surface area contributed by atoms with Crippen LogP contribution in [-0.2, 0) is 9.53 Å². The summed E-state index contributed by atoms with van der Waals surface area (Å²) in [5, 5.41) is 7.14. The van der Waals surface area contributed by atoms with Crippen LogP contribution in [0, 0.1) is 6.92 Å². The SMILES string of the molecule is CC(=O)Nc1cc(C)nn1-c1ccc(C(=O)N2CCOCC2)cc1. The van der Waals surface area contributed by atoms with E-state index in [1.54, 1.807) is 27.8 Å². The van der Waals surface area contributed by atoms with Crippen LogP contribution in [-0.4, -0.2) is 52.8 Å². The predicted octanol–water partition coefficient (Wildman–Crippen LogP) is 1.61. The average Bonchev–Trinajstić information content (AvgIpc) is 2.95. The lowest BCUT2D eigenvalue weighted by atomic mass is 10.1. The highest BCUT2D eigenvalue weighted by atomic mass is 16.5. The molecule has 1 saturated heterocycles. The third kappa shape index (κ3) is 3.46. The number of benzene rings is 1. The number of aromatic nitrogens is 2. The monoisotopic (exact) mass is 328 g/mol. The minimum Gasteiger partial charge on any atom is -0.378 e. The minimum absolute atomic E-state index is 0.00332. The molecule has 0 atom stereocenters. The van der Waals surface area contributed by atoms with Gasteiger partial charge in [-0.3, -0.25) is 9.59 Å². The number of anilines is 1. The number of nitrogens with zero attached hydrogens (tertiary/aromatic N) is 3. The summed E-state index contributed by atoms with van der Waals surface area (Å²) in [6, 6.07) is 9.01. The Labute approximate surface area is 140 Å². The van der Waals surface area contributed by atoms with E-state index in [1.807, 2.05) is 19.1 Å². The second-order valence-corrected chi connectivity index (χ2v) is 5.72. The quantitative estimate of drug-likeness (QED) is 0.929. The number of morpholine rings is 1. The summed E-state index contributed by atoms with van der Waals surface area (Å²) in [7, 11) is 0. The molecule has 0 saturated carbocycles. The zero-order chi connectivity index (χ0) is 17.1. The lowest BCUT2D eigenvalue weighted by Crippen LogP contribution is -2.40. The Kier molecular flexibility index (Phi) is 4.61. The molecule has 1 fully saturated rings. The average molecular weight is 328 g/mol. The molecular formula is C17H20N4O3. The molecule has 7 nitrogen and oxygen atoms in total. The fourth-order valence-corrected chi connectivity index (χ4v) is 2.66. The summed E-state index contributed by atoms with van der Waals surface area (Å²) in [4.78, 5) is 25.6. The van der Waals surface area contributed by atoms with Gasteiger partial charge in [0.2, 0.25) is 5.91 Å². The molecule has 0 bridgehead atoms. The van der Waals surface area contributed by atoms with Crippen molar-refractivity contribution in [1.82, 2.24) is 14.7 Å². The molecule has 2 amide bonds. The first-order valence-corrected chi connectivity index (χ1v) is 7.86. The Hall–Kier alpha value is -2.67. The second kappa shape index (κ2) is 6.84. The minimum atomic E-state index is -0.157. The first-order chi connectivity index (χ1) is 11.5. The standard InChI is InChI=1S/C17H20N4O3/c1-12-11-16(18-13(2)22)21(19-12)15-5-3-14(4-6-15)17(23)20-7-9-24-10-8-20/h3-6,11H,7-10H2,1-2H3,(H,18,22). The Morgan fingerprint density at radius 1 is 1.17 bits per heavy atom. The van der Waals surface area contributed by atoms with Crippen LogP contribution >= 0.6 is 0 Å². The molecule has 1 aliphatic rings. The van der Waals surface area contributed by atoms with E-state index in [4.69, 9.17) is 4.74 Å². The highest BCUT2D eigenvalue weighted by Crippen LogP contribution is 2.18. The van der Waals surface area contributed by atoms with Crippen molar-refractivity contribution in [2.75, 3.05) is 31.6 Å². The van der Waals surface area contributed by atoms with Crippen LogP contribution in [0.1, 0.15) is 23.0 Å². The third-order valence-corrected chi connectivity index (χ3v) is 3.79. The van der Waals surface area contributed by atoms with Crippen molar-refractivity contribution in [2.24, 2.45) is 0 Å². The maximum Gasteiger partial charge on any atom is 0.254 e. The second-order valence-electron chi connectivity index (χ2n) is 5.72. The Bertz CT molecular complexity index is 746. The van der Waals surface area contributed by atoms with Gasteiger partial charge in [-0.25, -0.2) is 4.68 Å². The summed E-state index contributed by atoms with van der Waals surface area (Å²) in [5.41, 5.74) is 2.21. The van der Waals surface area contributed by atoms with Gasteiger partial charge in [-0.05, 0) is 31.2 Å². The van der Waals surface area contributed by atoms with Crippen LogP contribution in [0.2, 0.25) is 0 Å². The van der Waals surface area contributed by atoms with E-state index >= 15 is 0 Å². The molecule has 7 heteroatoms. The van der Waals surface area contributed by atoms with Crippen LogP contribution < -0.4 is 5.32 Å². The number of carbonyl (C=O) groups excluding carboxylic acids is 2. The summed E-state index contributed by atoms with van der Waals surface area (Å²) >= 11 is 0. The number of aryl methyl sites for hydroxylation is 1. The van der Waals surface area contributed by atoms with Crippen LogP contribution in [0.4, 0.5) is 5.82 Å². The van der Waals surface area contributed by atoms with E-state index in [0.717, 1.165) is 11.4 Å². The lowest BCUT2D eigenvalue weighted by molar-refractivity contribution is -0.114. The van der Waals surface area contributed by atoms with Gasteiger partial charge in [0.15, 0.2) is 0 Å². The van der Waals surface area contributed by atoms with Gasteiger partial charge >= 0.3 is 0 Å². The molecular weight excluding hydrogens is 308 g/mol. The van der Waals surface area contributed by atoms with Crippen molar-refractivity contribution >= 4 is 17.6 Å². The van der Waals surface area contributed by atoms with Crippen LogP contribution in [0.25, 0.3) is 5.69 Å². The fourth-order valence-electron chi connectivity index (χ4n) is 2.66. The zero-order valence-corrected chi connectivity index (χ0v) is 13.8. The number of amides is 2. The third-order valence-electron chi connectivity index (χ3n) is 3.79. The Morgan fingerprint density at radius 3 is 2.46 bits per heavy atom. The predicted molar refractivity (Wildman–Crippen MR) is 89.3 cm³/mol. The van der Waals surface area contributed by atoms with Crippen LogP contribution in [0.15, 0.2) is 30.3 Å². The van der Waals surface area contributed by atoms with Crippen molar-refractivity contribution in [3.05, 3.63) is 41.6 Å². The number of ether oxygens (including phenoxy) is 1. The molecule has 2 aromatic rings. The van der Waals surface area contributed by atoms with Gasteiger partial charge in [-0.1, -0.05) is 0 Å². The number of hydrogen-bond acceptors (Lipinski definition) is 4. The van der Waals surface area contributed by atoms with Gasteiger partial charge in [0.1, 0.15) is 5.82 Å². The summed E-state index contributed by atoms with van der Waals surface area (Å²) in [6.45, 7) is 5.71. The Balaban J connectivity index is 1.82. The van der Waals surface area contributed by atoms with Gasteiger partial charge < -0.3 is 15.0 Å². The molecule has 24 heavy (non-hydrogen) atoms. The molecule has 1 aliphatic heterocycles. The normalized spacial score (nSPS) is 14.5. The van der Waals surface area contributed by atoms with Crippen molar-refractivity contribution in [2.45, 2.75) is 13.8 Å². The van der Waals surface area contributed by atoms with E-state index in [9.17, 15) is 9.59 Å². The smallest absolute Gasteiger partial charge is 0.254 e. The maximum absolute atomic E-state index is 12.5. The van der Waals surface area contributed by atoms with Crippen molar-refractivity contribution < 1.29 is 14.3 Å². The first kappa shape index (κ1) is 16.2. The number of carbonyl (C=O) groups is 2. The van der Waals surface area contributed by atoms with Gasteiger partial charge in [-0.2, -0.15) is 5.10 Å². The molecule has 2 heterocycles. The van der Waals surface area contributed by atoms with E-state index in [2.05, 4.69) is 10.4 Å². The lowest BCUT2D eigenvalue weighted by Gasteiger charge is -2.26. The van der Waals surface area contributed by atoms with Gasteiger partial charge in [0.25, 0.3) is 5.91 Å². The number of nitrogens with one attached hydrogen (secondary N) is 1. The Morgan fingerprint density at radius 2 is 1.83 bits per heavy atom. The van der Waals surface area contributed by atoms with Crippen molar-refractivity contribution in [3.8, 4) is 5.69 Å². The van der Waals surface area contributed by atoms with Crippen molar-refractivity contribution in [3.63, 3.8) is 0 Å². The number of rotatable bonds is 3. The summed E-state index contributed by atoms with van der Waals surface area (Å²) in [6.07, 6.45) is 0.